The molecule has 1 amide bonds. The van der Waals surface area contributed by atoms with E-state index in [9.17, 15) is 14.7 Å². The van der Waals surface area contributed by atoms with Crippen molar-refractivity contribution in [2.75, 3.05) is 39.9 Å². The summed E-state index contributed by atoms with van der Waals surface area (Å²) in [7, 11) is 4.66. The first-order valence-corrected chi connectivity index (χ1v) is 17.1. The zero-order chi connectivity index (χ0) is 37.7. The van der Waals surface area contributed by atoms with Gasteiger partial charge < -0.3 is 33.5 Å². The highest BCUT2D eigenvalue weighted by Gasteiger charge is 2.48. The van der Waals surface area contributed by atoms with Gasteiger partial charge in [-0.25, -0.2) is 4.98 Å². The fraction of sp³-hybridized carbons (Fsp3) is 0.250. The Balaban J connectivity index is 1.19. The largest absolute Gasteiger partial charge is 0.497 e. The Morgan fingerprint density at radius 1 is 0.852 bits per heavy atom. The molecule has 7 rings (SSSR count). The number of imidazole rings is 1. The summed E-state index contributed by atoms with van der Waals surface area (Å²) in [5, 5.41) is 14.2. The van der Waals surface area contributed by atoms with Gasteiger partial charge in [-0.2, -0.15) is 4.98 Å². The summed E-state index contributed by atoms with van der Waals surface area (Å²) in [6, 6.07) is 33.8. The number of aliphatic hydroxyl groups excluding tert-OH is 1. The van der Waals surface area contributed by atoms with Gasteiger partial charge in [0, 0.05) is 7.11 Å². The molecule has 3 N–H and O–H groups in total. The lowest BCUT2D eigenvalue weighted by Gasteiger charge is -2.37. The van der Waals surface area contributed by atoms with Crippen LogP contribution in [0, 0.1) is 0 Å². The molecule has 14 heteroatoms. The van der Waals surface area contributed by atoms with Crippen molar-refractivity contribution in [3.8, 4) is 17.2 Å². The van der Waals surface area contributed by atoms with E-state index in [-0.39, 0.29) is 30.3 Å². The molecule has 54 heavy (non-hydrogen) atoms. The minimum absolute atomic E-state index is 0.00304. The van der Waals surface area contributed by atoms with E-state index in [1.165, 1.54) is 18.0 Å². The van der Waals surface area contributed by atoms with Crippen LogP contribution in [0.2, 0.25) is 0 Å². The van der Waals surface area contributed by atoms with E-state index in [0.29, 0.717) is 17.2 Å². The average Bonchev–Trinajstić information content (AvgIpc) is 3.78. The number of nitrogens with one attached hydrogen (secondary N) is 2. The number of para-hydroxylation sites is 1. The van der Waals surface area contributed by atoms with Crippen molar-refractivity contribution in [2.45, 2.75) is 30.1 Å². The number of carbonyl (C=O) groups is 1. The molecule has 278 valence electrons. The standard InChI is InChI=1S/C40H39N5O9/c1-49-28-18-14-26(15-19-28)40(25-10-6-4-7-11-25,27-16-20-29(50-2)21-17-27)53-22-31-34(47)35(51-3)38(54-31)45-24-41-33-36(45)43-39(44-37(33)48)42-32(46)23-52-30-12-8-5-9-13-30/h4-21,24,31,34-35,38,47H,22-23H2,1-3H3,(H2,42,43,44,46,48)/t31-,34-,35-,38-/m1/s1. The van der Waals surface area contributed by atoms with E-state index in [1.54, 1.807) is 38.5 Å². The fourth-order valence-corrected chi connectivity index (χ4v) is 6.62. The van der Waals surface area contributed by atoms with Crippen molar-refractivity contribution in [3.05, 3.63) is 143 Å². The molecule has 0 spiro atoms. The van der Waals surface area contributed by atoms with Crippen LogP contribution in [0.1, 0.15) is 22.9 Å². The Morgan fingerprint density at radius 2 is 1.44 bits per heavy atom. The third-order valence-corrected chi connectivity index (χ3v) is 9.30. The quantitative estimate of drug-likeness (QED) is 0.136. The van der Waals surface area contributed by atoms with Crippen molar-refractivity contribution in [1.29, 1.82) is 0 Å². The van der Waals surface area contributed by atoms with E-state index in [0.717, 1.165) is 16.7 Å². The second-order valence-electron chi connectivity index (χ2n) is 12.5. The zero-order valence-electron chi connectivity index (χ0n) is 29.7. The molecule has 4 aromatic carbocycles. The van der Waals surface area contributed by atoms with Gasteiger partial charge in [0.25, 0.3) is 11.5 Å². The van der Waals surface area contributed by atoms with Gasteiger partial charge in [-0.05, 0) is 53.1 Å². The third kappa shape index (κ3) is 7.15. The number of amides is 1. The molecular formula is C40H39N5O9. The molecule has 0 saturated carbocycles. The van der Waals surface area contributed by atoms with Crippen LogP contribution in [-0.2, 0) is 24.6 Å². The van der Waals surface area contributed by atoms with Crippen LogP contribution >= 0.6 is 0 Å². The molecule has 0 bridgehead atoms. The Bertz CT molecular complexity index is 2180. The number of fused-ring (bicyclic) bond motifs is 1. The van der Waals surface area contributed by atoms with E-state index in [1.807, 2.05) is 84.9 Å². The summed E-state index contributed by atoms with van der Waals surface area (Å²) >= 11 is 0. The van der Waals surface area contributed by atoms with Gasteiger partial charge in [0.2, 0.25) is 5.95 Å². The Morgan fingerprint density at radius 3 is 2.04 bits per heavy atom. The van der Waals surface area contributed by atoms with Gasteiger partial charge in [0.15, 0.2) is 24.0 Å². The number of aromatic amines is 1. The maximum Gasteiger partial charge on any atom is 0.280 e. The molecule has 0 aliphatic carbocycles. The Labute approximate surface area is 310 Å². The molecule has 0 unspecified atom stereocenters. The molecule has 1 fully saturated rings. The highest BCUT2D eigenvalue weighted by Crippen LogP contribution is 2.43. The summed E-state index contributed by atoms with van der Waals surface area (Å²) in [4.78, 5) is 37.0. The Kier molecular flexibility index (Phi) is 10.7. The van der Waals surface area contributed by atoms with Crippen LogP contribution in [0.25, 0.3) is 11.2 Å². The number of methoxy groups -OCH3 is 3. The highest BCUT2D eigenvalue weighted by molar-refractivity contribution is 5.90. The first kappa shape index (κ1) is 36.3. The number of aliphatic hydroxyl groups is 1. The van der Waals surface area contributed by atoms with E-state index in [4.69, 9.17) is 28.4 Å². The molecule has 6 aromatic rings. The van der Waals surface area contributed by atoms with Crippen LogP contribution in [0.15, 0.2) is 120 Å². The fourth-order valence-electron chi connectivity index (χ4n) is 6.62. The average molecular weight is 734 g/mol. The lowest BCUT2D eigenvalue weighted by molar-refractivity contribution is -0.118. The second-order valence-corrected chi connectivity index (χ2v) is 12.5. The van der Waals surface area contributed by atoms with Crippen LogP contribution in [0.4, 0.5) is 5.95 Å². The lowest BCUT2D eigenvalue weighted by Crippen LogP contribution is -2.40. The number of nitrogens with zero attached hydrogens (tertiary/aromatic N) is 3. The number of rotatable bonds is 14. The molecule has 1 aliphatic rings. The first-order valence-electron chi connectivity index (χ1n) is 17.1. The summed E-state index contributed by atoms with van der Waals surface area (Å²) < 4.78 is 37.2. The predicted molar refractivity (Wildman–Crippen MR) is 198 cm³/mol. The number of benzene rings is 4. The minimum Gasteiger partial charge on any atom is -0.497 e. The van der Waals surface area contributed by atoms with Crippen molar-refractivity contribution in [3.63, 3.8) is 0 Å². The number of H-pyrrole nitrogens is 1. The Hall–Kier alpha value is -6.06. The number of anilines is 1. The smallest absolute Gasteiger partial charge is 0.280 e. The monoisotopic (exact) mass is 733 g/mol. The van der Waals surface area contributed by atoms with Gasteiger partial charge in [-0.3, -0.25) is 24.5 Å². The summed E-state index contributed by atoms with van der Waals surface area (Å²) in [5.41, 5.74) is 0.798. The van der Waals surface area contributed by atoms with E-state index >= 15 is 0 Å². The molecule has 14 nitrogen and oxygen atoms in total. The molecule has 2 aromatic heterocycles. The van der Waals surface area contributed by atoms with Crippen LogP contribution in [0.3, 0.4) is 0 Å². The van der Waals surface area contributed by atoms with Crippen LogP contribution in [0.5, 0.6) is 17.2 Å². The summed E-state index contributed by atoms with van der Waals surface area (Å²) in [6.45, 7) is -0.401. The maximum absolute atomic E-state index is 13.1. The first-order chi connectivity index (χ1) is 26.3. The second kappa shape index (κ2) is 15.9. The van der Waals surface area contributed by atoms with Crippen molar-refractivity contribution in [2.24, 2.45) is 0 Å². The zero-order valence-corrected chi connectivity index (χ0v) is 29.7. The van der Waals surface area contributed by atoms with Crippen molar-refractivity contribution < 1.29 is 38.3 Å². The molecule has 1 saturated heterocycles. The minimum atomic E-state index is -1.17. The predicted octanol–water partition coefficient (Wildman–Crippen LogP) is 4.44. The SMILES string of the molecule is COc1ccc(C(OC[C@H]2O[C@@H](n3cnc4c(=O)[nH]c(NC(=O)COc5ccccc5)nc43)[C@H](OC)[C@@H]2O)(c2ccccc2)c2ccc(OC)cc2)cc1. The molecule has 3 heterocycles. The molecule has 1 aliphatic heterocycles. The van der Waals surface area contributed by atoms with Crippen LogP contribution < -0.4 is 25.1 Å². The molecule has 0 radical (unpaired) electrons. The maximum atomic E-state index is 13.1. The van der Waals surface area contributed by atoms with E-state index < -0.39 is 41.6 Å². The van der Waals surface area contributed by atoms with Crippen molar-refractivity contribution >= 4 is 23.0 Å². The molecular weight excluding hydrogens is 694 g/mol. The lowest BCUT2D eigenvalue weighted by atomic mass is 9.80. The highest BCUT2D eigenvalue weighted by atomic mass is 16.6. The van der Waals surface area contributed by atoms with Crippen LogP contribution in [-0.4, -0.2) is 83.4 Å². The summed E-state index contributed by atoms with van der Waals surface area (Å²) in [5.74, 6) is 1.22. The van der Waals surface area contributed by atoms with Gasteiger partial charge in [0.05, 0.1) is 27.2 Å². The van der Waals surface area contributed by atoms with Gasteiger partial charge >= 0.3 is 0 Å². The number of hydrogen-bond donors (Lipinski definition) is 3. The number of hydrogen-bond acceptors (Lipinski definition) is 11. The third-order valence-electron chi connectivity index (χ3n) is 9.30. The normalized spacial score (nSPS) is 18.4. The van der Waals surface area contributed by atoms with Gasteiger partial charge in [-0.15, -0.1) is 0 Å². The number of ether oxygens (including phenoxy) is 6. The topological polar surface area (TPSA) is 168 Å². The number of aromatic nitrogens is 4. The van der Waals surface area contributed by atoms with E-state index in [2.05, 4.69) is 20.3 Å². The number of carbonyl (C=O) groups excluding carboxylic acids is 1. The van der Waals surface area contributed by atoms with Gasteiger partial charge in [0.1, 0.15) is 41.2 Å². The summed E-state index contributed by atoms with van der Waals surface area (Å²) in [6.07, 6.45) is -2.59. The van der Waals surface area contributed by atoms with Gasteiger partial charge in [-0.1, -0.05) is 72.8 Å². The molecule has 4 atom stereocenters. The van der Waals surface area contributed by atoms with Crippen molar-refractivity contribution in [1.82, 2.24) is 19.5 Å².